The molecule has 0 N–H and O–H groups in total. The van der Waals surface area contributed by atoms with Crippen LogP contribution >= 0.6 is 0 Å². The van der Waals surface area contributed by atoms with E-state index in [0.29, 0.717) is 59.4 Å². The molecule has 0 amide bonds. The first-order chi connectivity index (χ1) is 17.9. The third kappa shape index (κ3) is 4.02. The molecule has 2 aromatic heterocycles. The number of rotatable bonds is 5. The molecule has 2 aliphatic rings. The molecule has 3 heterocycles. The molecule has 0 bridgehead atoms. The number of fused-ring (bicyclic) bond motifs is 3. The number of carbonyl (C=O) groups excluding carboxylic acids is 1. The summed E-state index contributed by atoms with van der Waals surface area (Å²) in [5.41, 5.74) is 3.94. The maximum Gasteiger partial charge on any atom is 0.228 e. The molecule has 6 rings (SSSR count). The lowest BCUT2D eigenvalue weighted by molar-refractivity contribution is -0.118. The van der Waals surface area contributed by atoms with Crippen molar-refractivity contribution < 1.29 is 19.0 Å². The summed E-state index contributed by atoms with van der Waals surface area (Å²) in [7, 11) is 3.23. The molecular formula is C29H28N4O4. The molecule has 188 valence electrons. The monoisotopic (exact) mass is 496 g/mol. The number of allylic oxidation sites excluding steroid dienone is 2. The summed E-state index contributed by atoms with van der Waals surface area (Å²) >= 11 is 0. The van der Waals surface area contributed by atoms with Gasteiger partial charge in [0.25, 0.3) is 0 Å². The van der Waals surface area contributed by atoms with Gasteiger partial charge in [-0.05, 0) is 28.7 Å². The minimum absolute atomic E-state index is 0.109. The van der Waals surface area contributed by atoms with Crippen molar-refractivity contribution in [1.82, 2.24) is 19.6 Å². The van der Waals surface area contributed by atoms with Crippen LogP contribution in [0.4, 0.5) is 0 Å². The molecule has 8 nitrogen and oxygen atoms in total. The van der Waals surface area contributed by atoms with Crippen molar-refractivity contribution in [3.63, 3.8) is 0 Å². The van der Waals surface area contributed by atoms with E-state index in [9.17, 15) is 4.79 Å². The van der Waals surface area contributed by atoms with Gasteiger partial charge in [-0.1, -0.05) is 50.2 Å². The number of benzene rings is 2. The molecule has 0 spiro atoms. The van der Waals surface area contributed by atoms with Crippen LogP contribution in [0, 0.1) is 5.41 Å². The Morgan fingerprint density at radius 1 is 1.05 bits per heavy atom. The fraction of sp³-hybridized carbons (Fsp3) is 0.310. The summed E-state index contributed by atoms with van der Waals surface area (Å²) in [6, 6.07) is 15.8. The van der Waals surface area contributed by atoms with Crippen LogP contribution < -0.4 is 14.2 Å². The van der Waals surface area contributed by atoms with E-state index in [1.807, 2.05) is 48.5 Å². The zero-order chi connectivity index (χ0) is 25.7. The topological polar surface area (TPSA) is 87.8 Å². The quantitative estimate of drug-likeness (QED) is 0.388. The second-order valence-electron chi connectivity index (χ2n) is 10.3. The number of aromatic nitrogens is 4. The van der Waals surface area contributed by atoms with Crippen molar-refractivity contribution >= 4 is 11.4 Å². The van der Waals surface area contributed by atoms with Crippen molar-refractivity contribution in [2.24, 2.45) is 5.41 Å². The van der Waals surface area contributed by atoms with Crippen molar-refractivity contribution in [2.75, 3.05) is 14.2 Å². The first-order valence-corrected chi connectivity index (χ1v) is 12.3. The van der Waals surface area contributed by atoms with Gasteiger partial charge in [-0.15, -0.1) is 5.10 Å². The maximum atomic E-state index is 13.5. The van der Waals surface area contributed by atoms with E-state index >= 15 is 0 Å². The van der Waals surface area contributed by atoms with E-state index in [-0.39, 0.29) is 17.1 Å². The summed E-state index contributed by atoms with van der Waals surface area (Å²) in [6.45, 7) is 4.20. The van der Waals surface area contributed by atoms with Crippen molar-refractivity contribution in [3.8, 4) is 17.4 Å². The first kappa shape index (κ1) is 23.2. The highest BCUT2D eigenvalue weighted by Crippen LogP contribution is 2.50. The number of ketones is 1. The van der Waals surface area contributed by atoms with Crippen molar-refractivity contribution in [2.45, 2.75) is 39.0 Å². The van der Waals surface area contributed by atoms with Crippen LogP contribution in [-0.4, -0.2) is 39.6 Å². The Hall–Kier alpha value is -4.20. The van der Waals surface area contributed by atoms with Gasteiger partial charge in [0.15, 0.2) is 28.8 Å². The molecule has 0 saturated carbocycles. The lowest BCUT2D eigenvalue weighted by Crippen LogP contribution is -2.33. The first-order valence-electron chi connectivity index (χ1n) is 12.3. The molecule has 1 atom stereocenters. The second-order valence-corrected chi connectivity index (χ2v) is 10.3. The fourth-order valence-corrected chi connectivity index (χ4v) is 5.42. The smallest absolute Gasteiger partial charge is 0.228 e. The third-order valence-corrected chi connectivity index (χ3v) is 7.05. The Kier molecular flexibility index (Phi) is 5.47. The Morgan fingerprint density at radius 2 is 1.84 bits per heavy atom. The molecule has 1 aliphatic heterocycles. The van der Waals surface area contributed by atoms with Crippen molar-refractivity contribution in [3.05, 3.63) is 88.7 Å². The third-order valence-electron chi connectivity index (χ3n) is 7.05. The summed E-state index contributed by atoms with van der Waals surface area (Å²) in [6.07, 6.45) is 3.28. The summed E-state index contributed by atoms with van der Waals surface area (Å²) in [4.78, 5) is 23.0. The fourth-order valence-electron chi connectivity index (χ4n) is 5.42. The lowest BCUT2D eigenvalue weighted by Gasteiger charge is -2.37. The molecule has 1 aliphatic carbocycles. The van der Waals surface area contributed by atoms with Gasteiger partial charge < -0.3 is 14.2 Å². The average molecular weight is 497 g/mol. The Morgan fingerprint density at radius 3 is 2.59 bits per heavy atom. The van der Waals surface area contributed by atoms with Gasteiger partial charge in [-0.25, -0.2) is 14.5 Å². The van der Waals surface area contributed by atoms with Gasteiger partial charge in [0.2, 0.25) is 5.88 Å². The Labute approximate surface area is 214 Å². The Bertz CT molecular complexity index is 1560. The van der Waals surface area contributed by atoms with Gasteiger partial charge in [-0.3, -0.25) is 4.79 Å². The largest absolute Gasteiger partial charge is 0.493 e. The van der Waals surface area contributed by atoms with Crippen molar-refractivity contribution in [1.29, 1.82) is 0 Å². The number of methoxy groups -OCH3 is 2. The van der Waals surface area contributed by atoms with Gasteiger partial charge in [-0.2, -0.15) is 0 Å². The Balaban J connectivity index is 1.47. The standard InChI is InChI=1S/C29H28N4O4/c1-29(2)14-19(34)25-22(15-29)37-28-26(24(25)18-8-6-5-7-9-18)27-31-23(32-33(27)16-30-28)13-17-10-11-20(35-3)21(12-17)36-4/h5-12,16,24H,13-15H2,1-4H3/t24-/m0/s1. The van der Waals surface area contributed by atoms with E-state index < -0.39 is 0 Å². The van der Waals surface area contributed by atoms with Crippen LogP contribution in [0.2, 0.25) is 0 Å². The van der Waals surface area contributed by atoms with Gasteiger partial charge in [0.05, 0.1) is 19.8 Å². The lowest BCUT2D eigenvalue weighted by atomic mass is 9.70. The van der Waals surface area contributed by atoms with E-state index in [2.05, 4.69) is 18.8 Å². The molecule has 8 heteroatoms. The van der Waals surface area contributed by atoms with Crippen LogP contribution in [0.3, 0.4) is 0 Å². The molecule has 0 radical (unpaired) electrons. The minimum Gasteiger partial charge on any atom is -0.493 e. The van der Waals surface area contributed by atoms with E-state index in [1.54, 1.807) is 25.1 Å². The zero-order valence-electron chi connectivity index (χ0n) is 21.3. The van der Waals surface area contributed by atoms with Crippen LogP contribution in [-0.2, 0) is 11.2 Å². The molecule has 4 aromatic rings. The summed E-state index contributed by atoms with van der Waals surface area (Å²) in [5.74, 6) is 2.93. The summed E-state index contributed by atoms with van der Waals surface area (Å²) < 4.78 is 18.8. The SMILES string of the molecule is COc1ccc(Cc2nc3c4c(ncn3n2)OC2=C(C(=O)CC(C)(C)C2)[C@@H]4c2ccccc2)cc1OC. The molecule has 0 saturated heterocycles. The second kappa shape index (κ2) is 8.73. The molecule has 2 aromatic carbocycles. The van der Waals surface area contributed by atoms with E-state index in [1.165, 1.54) is 0 Å². The zero-order valence-corrected chi connectivity index (χ0v) is 21.3. The van der Waals surface area contributed by atoms with Gasteiger partial charge in [0.1, 0.15) is 12.1 Å². The van der Waals surface area contributed by atoms with E-state index in [4.69, 9.17) is 24.3 Å². The number of hydrogen-bond acceptors (Lipinski definition) is 7. The van der Waals surface area contributed by atoms with Crippen LogP contribution in [0.25, 0.3) is 5.65 Å². The predicted octanol–water partition coefficient (Wildman–Crippen LogP) is 4.90. The van der Waals surface area contributed by atoms with Crippen LogP contribution in [0.5, 0.6) is 17.4 Å². The molecular weight excluding hydrogens is 468 g/mol. The molecule has 37 heavy (non-hydrogen) atoms. The maximum absolute atomic E-state index is 13.5. The number of Topliss-reactive ketones (excluding diaryl/α,β-unsaturated/α-hetero) is 1. The molecule has 0 fully saturated rings. The predicted molar refractivity (Wildman–Crippen MR) is 137 cm³/mol. The number of hydrogen-bond donors (Lipinski definition) is 0. The molecule has 0 unspecified atom stereocenters. The summed E-state index contributed by atoms with van der Waals surface area (Å²) in [5, 5.41) is 4.70. The van der Waals surface area contributed by atoms with Gasteiger partial charge >= 0.3 is 0 Å². The van der Waals surface area contributed by atoms with Crippen LogP contribution in [0.15, 0.2) is 66.2 Å². The highest BCUT2D eigenvalue weighted by atomic mass is 16.5. The highest BCUT2D eigenvalue weighted by molar-refractivity contribution is 6.00. The van der Waals surface area contributed by atoms with Gasteiger partial charge in [0, 0.05) is 30.8 Å². The minimum atomic E-state index is -0.321. The average Bonchev–Trinajstić information content (AvgIpc) is 3.29. The number of nitrogens with zero attached hydrogens (tertiary/aromatic N) is 4. The normalized spacial score (nSPS) is 18.3. The number of ether oxygens (including phenoxy) is 3. The van der Waals surface area contributed by atoms with E-state index in [0.717, 1.165) is 16.7 Å². The highest BCUT2D eigenvalue weighted by Gasteiger charge is 2.43. The van der Waals surface area contributed by atoms with Crippen LogP contribution in [0.1, 0.15) is 55.1 Å². The number of carbonyl (C=O) groups is 1.